The lowest BCUT2D eigenvalue weighted by Gasteiger charge is -2.11. The summed E-state index contributed by atoms with van der Waals surface area (Å²) in [6.45, 7) is 3.50. The van der Waals surface area contributed by atoms with E-state index in [2.05, 4.69) is 29.4 Å². The van der Waals surface area contributed by atoms with Gasteiger partial charge in [-0.05, 0) is 31.5 Å². The van der Waals surface area contributed by atoms with E-state index in [9.17, 15) is 0 Å². The minimum atomic E-state index is 0.418. The lowest BCUT2D eigenvalue weighted by atomic mass is 10.3. The highest BCUT2D eigenvalue weighted by atomic mass is 32.1. The van der Waals surface area contributed by atoms with E-state index in [1.165, 1.54) is 11.7 Å². The number of imidazole rings is 1. The molecule has 0 spiro atoms. The van der Waals surface area contributed by atoms with Crippen molar-refractivity contribution in [2.24, 2.45) is 4.99 Å². The second-order valence-electron chi connectivity index (χ2n) is 5.19. The minimum Gasteiger partial charge on any atom is -0.355 e. The Morgan fingerprint density at radius 1 is 1.38 bits per heavy atom. The Hall–Kier alpha value is -2.99. The van der Waals surface area contributed by atoms with Crippen molar-refractivity contribution in [3.05, 3.63) is 36.4 Å². The lowest BCUT2D eigenvalue weighted by Crippen LogP contribution is -2.31. The van der Waals surface area contributed by atoms with Crippen LogP contribution in [0.4, 0.5) is 5.69 Å². The van der Waals surface area contributed by atoms with Gasteiger partial charge in [0.25, 0.3) is 0 Å². The Bertz CT molecular complexity index is 888. The van der Waals surface area contributed by atoms with Crippen LogP contribution in [0.15, 0.2) is 35.7 Å². The number of guanidine groups is 1. The first kappa shape index (κ1) is 15.9. The van der Waals surface area contributed by atoms with Gasteiger partial charge in [-0.1, -0.05) is 0 Å². The maximum atomic E-state index is 8.84. The number of rotatable bonds is 5. The summed E-state index contributed by atoms with van der Waals surface area (Å²) in [5.41, 5.74) is 3.48. The molecule has 9 heteroatoms. The van der Waals surface area contributed by atoms with E-state index < -0.39 is 0 Å². The van der Waals surface area contributed by atoms with Crippen LogP contribution in [0, 0.1) is 18.4 Å². The van der Waals surface area contributed by atoms with E-state index in [1.807, 2.05) is 42.2 Å². The highest BCUT2D eigenvalue weighted by Gasteiger charge is 2.04. The summed E-state index contributed by atoms with van der Waals surface area (Å²) in [6.07, 6.45) is 6.50. The minimum absolute atomic E-state index is 0.418. The van der Waals surface area contributed by atoms with Crippen molar-refractivity contribution in [3.8, 4) is 6.19 Å². The molecule has 2 aromatic heterocycles. The lowest BCUT2D eigenvalue weighted by molar-refractivity contribution is 0.630. The molecular formula is C15H16N8S. The standard InChI is InChI=1S/C15H16N8S/c1-11-8-23(10-19-11)6-2-5-17-15(18-9-16)20-12-3-4-13-14(7-12)22-24-21-13/h3-4,7-8,10H,2,5-6H2,1H3,(H2,17,18,20). The fourth-order valence-corrected chi connectivity index (χ4v) is 2.74. The summed E-state index contributed by atoms with van der Waals surface area (Å²) in [7, 11) is 0. The van der Waals surface area contributed by atoms with Crippen LogP contribution in [0.3, 0.4) is 0 Å². The van der Waals surface area contributed by atoms with E-state index in [4.69, 9.17) is 5.26 Å². The molecule has 0 aliphatic heterocycles. The molecular weight excluding hydrogens is 324 g/mol. The van der Waals surface area contributed by atoms with Crippen LogP contribution in [-0.4, -0.2) is 30.8 Å². The van der Waals surface area contributed by atoms with Gasteiger partial charge in [0, 0.05) is 25.0 Å². The number of hydrogen-bond donors (Lipinski definition) is 2. The fraction of sp³-hybridized carbons (Fsp3) is 0.267. The molecule has 0 bridgehead atoms. The van der Waals surface area contributed by atoms with Gasteiger partial charge in [0.05, 0.1) is 23.7 Å². The molecule has 24 heavy (non-hydrogen) atoms. The summed E-state index contributed by atoms with van der Waals surface area (Å²) in [4.78, 5) is 7.97. The average molecular weight is 340 g/mol. The third-order valence-corrected chi connectivity index (χ3v) is 3.88. The molecule has 122 valence electrons. The Morgan fingerprint density at radius 3 is 3.04 bits per heavy atom. The predicted molar refractivity (Wildman–Crippen MR) is 93.7 cm³/mol. The van der Waals surface area contributed by atoms with Crippen LogP contribution in [0.1, 0.15) is 12.1 Å². The topological polar surface area (TPSA) is 104 Å². The Labute approximate surface area is 143 Å². The molecule has 0 atom stereocenters. The highest BCUT2D eigenvalue weighted by Crippen LogP contribution is 2.16. The number of benzene rings is 1. The summed E-state index contributed by atoms with van der Waals surface area (Å²) in [5.74, 6) is 0.418. The largest absolute Gasteiger partial charge is 0.355 e. The first-order valence-corrected chi connectivity index (χ1v) is 8.16. The van der Waals surface area contributed by atoms with E-state index >= 15 is 0 Å². The monoisotopic (exact) mass is 340 g/mol. The second-order valence-corrected chi connectivity index (χ2v) is 5.71. The van der Waals surface area contributed by atoms with Gasteiger partial charge in [0.1, 0.15) is 11.0 Å². The number of aliphatic imine (C=N–C) groups is 1. The van der Waals surface area contributed by atoms with Crippen molar-refractivity contribution >= 4 is 34.4 Å². The summed E-state index contributed by atoms with van der Waals surface area (Å²) >= 11 is 1.17. The quantitative estimate of drug-likeness (QED) is 0.319. The first-order chi connectivity index (χ1) is 11.7. The van der Waals surface area contributed by atoms with Crippen molar-refractivity contribution in [2.45, 2.75) is 19.9 Å². The molecule has 8 nitrogen and oxygen atoms in total. The van der Waals surface area contributed by atoms with Gasteiger partial charge in [-0.2, -0.15) is 14.0 Å². The maximum absolute atomic E-state index is 8.84. The third-order valence-electron chi connectivity index (χ3n) is 3.33. The molecule has 2 N–H and O–H groups in total. The smallest absolute Gasteiger partial charge is 0.211 e. The molecule has 1 aromatic carbocycles. The van der Waals surface area contributed by atoms with Gasteiger partial charge < -0.3 is 15.2 Å². The molecule has 0 aliphatic carbocycles. The van der Waals surface area contributed by atoms with Crippen LogP contribution >= 0.6 is 11.7 Å². The zero-order valence-electron chi connectivity index (χ0n) is 13.1. The van der Waals surface area contributed by atoms with Gasteiger partial charge in [-0.25, -0.2) is 4.98 Å². The normalized spacial score (nSPS) is 11.4. The van der Waals surface area contributed by atoms with Gasteiger partial charge in [-0.15, -0.1) is 4.99 Å². The molecule has 0 saturated heterocycles. The zero-order chi connectivity index (χ0) is 16.8. The van der Waals surface area contributed by atoms with Crippen molar-refractivity contribution in [1.29, 1.82) is 5.26 Å². The van der Waals surface area contributed by atoms with E-state index in [0.717, 1.165) is 35.4 Å². The van der Waals surface area contributed by atoms with Gasteiger partial charge in [0.2, 0.25) is 12.2 Å². The molecule has 3 rings (SSSR count). The van der Waals surface area contributed by atoms with Crippen LogP contribution in [-0.2, 0) is 6.54 Å². The van der Waals surface area contributed by atoms with Gasteiger partial charge in [0.15, 0.2) is 0 Å². The number of aryl methyl sites for hydroxylation is 2. The summed E-state index contributed by atoms with van der Waals surface area (Å²) in [6, 6.07) is 5.64. The average Bonchev–Trinajstić information content (AvgIpc) is 3.20. The van der Waals surface area contributed by atoms with E-state index in [1.54, 1.807) is 6.19 Å². The van der Waals surface area contributed by atoms with Crippen LogP contribution in [0.5, 0.6) is 0 Å². The number of hydrogen-bond acceptors (Lipinski definition) is 6. The molecule has 2 heterocycles. The molecule has 0 fully saturated rings. The molecule has 0 radical (unpaired) electrons. The number of anilines is 1. The van der Waals surface area contributed by atoms with Gasteiger partial charge in [-0.3, -0.25) is 0 Å². The zero-order valence-corrected chi connectivity index (χ0v) is 13.9. The molecule has 0 amide bonds. The number of fused-ring (bicyclic) bond motifs is 1. The SMILES string of the molecule is Cc1cn(CCCN/C(=N/C#N)Nc2ccc3nsnc3c2)cn1. The van der Waals surface area contributed by atoms with Crippen LogP contribution in [0.2, 0.25) is 0 Å². The Balaban J connectivity index is 1.54. The van der Waals surface area contributed by atoms with Gasteiger partial charge >= 0.3 is 0 Å². The summed E-state index contributed by atoms with van der Waals surface area (Å²) in [5, 5.41) is 15.1. The molecule has 0 saturated carbocycles. The third kappa shape index (κ3) is 4.05. The Morgan fingerprint density at radius 2 is 2.25 bits per heavy atom. The van der Waals surface area contributed by atoms with Crippen molar-refractivity contribution in [3.63, 3.8) is 0 Å². The Kier molecular flexibility index (Phi) is 4.98. The summed E-state index contributed by atoms with van der Waals surface area (Å²) < 4.78 is 10.4. The van der Waals surface area contributed by atoms with Crippen LogP contribution < -0.4 is 10.6 Å². The van der Waals surface area contributed by atoms with Crippen molar-refractivity contribution in [2.75, 3.05) is 11.9 Å². The number of aromatic nitrogens is 4. The molecule has 0 unspecified atom stereocenters. The van der Waals surface area contributed by atoms with Crippen molar-refractivity contribution in [1.82, 2.24) is 23.6 Å². The number of nitrogens with zero attached hydrogens (tertiary/aromatic N) is 6. The van der Waals surface area contributed by atoms with Crippen molar-refractivity contribution < 1.29 is 0 Å². The number of nitrogens with one attached hydrogen (secondary N) is 2. The molecule has 3 aromatic rings. The predicted octanol–water partition coefficient (Wildman–Crippen LogP) is 2.13. The highest BCUT2D eigenvalue weighted by molar-refractivity contribution is 7.00. The first-order valence-electron chi connectivity index (χ1n) is 7.43. The molecule has 0 aliphatic rings. The maximum Gasteiger partial charge on any atom is 0.211 e. The van der Waals surface area contributed by atoms with E-state index in [0.29, 0.717) is 12.5 Å². The number of nitriles is 1. The van der Waals surface area contributed by atoms with Crippen LogP contribution in [0.25, 0.3) is 11.0 Å². The second kappa shape index (κ2) is 7.52. The fourth-order valence-electron chi connectivity index (χ4n) is 2.22. The van der Waals surface area contributed by atoms with E-state index in [-0.39, 0.29) is 0 Å².